The van der Waals surface area contributed by atoms with E-state index in [1.165, 1.54) is 50.5 Å². The third-order valence-corrected chi connectivity index (χ3v) is 11.6. The number of ketones is 1. The molecule has 0 N–H and O–H groups in total. The van der Waals surface area contributed by atoms with Gasteiger partial charge in [-0.25, -0.2) is 18.0 Å². The number of hydrogen-bond acceptors (Lipinski definition) is 8. The molecule has 0 amide bonds. The highest BCUT2D eigenvalue weighted by Gasteiger charge is 2.75. The highest BCUT2D eigenvalue weighted by Crippen LogP contribution is 2.72. The summed E-state index contributed by atoms with van der Waals surface area (Å²) in [6.07, 6.45) is 3.64. The van der Waals surface area contributed by atoms with E-state index in [2.05, 4.69) is 11.8 Å². The first-order valence-electron chi connectivity index (χ1n) is 15.5. The minimum absolute atomic E-state index is 0.0212. The van der Waals surface area contributed by atoms with Crippen LogP contribution in [0.4, 0.5) is 13.2 Å². The van der Waals surface area contributed by atoms with Gasteiger partial charge in [-0.3, -0.25) is 14.4 Å². The van der Waals surface area contributed by atoms with Crippen molar-refractivity contribution in [2.24, 2.45) is 28.6 Å². The number of furan rings is 1. The Hall–Kier alpha value is -3.26. The van der Waals surface area contributed by atoms with Gasteiger partial charge in [0, 0.05) is 22.7 Å². The molecule has 3 saturated carbocycles. The number of ether oxygens (including phenoxy) is 2. The topological polar surface area (TPSA) is 99.9 Å². The lowest BCUT2D eigenvalue weighted by atomic mass is 9.45. The number of carbonyl (C=O) groups excluding carboxylic acids is 4. The molecule has 2 unspecified atom stereocenters. The van der Waals surface area contributed by atoms with Crippen LogP contribution in [0.2, 0.25) is 0 Å². The summed E-state index contributed by atoms with van der Waals surface area (Å²) >= 11 is 0.839. The lowest BCUT2D eigenvalue weighted by Crippen LogP contribution is -2.65. The molecule has 0 aliphatic heterocycles. The van der Waals surface area contributed by atoms with Crippen molar-refractivity contribution in [3.8, 4) is 11.8 Å². The summed E-state index contributed by atoms with van der Waals surface area (Å²) in [6.45, 7) is 7.50. The number of rotatable bonds is 7. The van der Waals surface area contributed by atoms with Gasteiger partial charge in [0.15, 0.2) is 18.0 Å². The highest BCUT2D eigenvalue weighted by molar-refractivity contribution is 8.14. The van der Waals surface area contributed by atoms with Crippen LogP contribution >= 0.6 is 11.8 Å². The largest absolute Gasteiger partial charge is 0.457 e. The fourth-order valence-electron chi connectivity index (χ4n) is 8.51. The van der Waals surface area contributed by atoms with Crippen LogP contribution in [0.5, 0.6) is 0 Å². The van der Waals surface area contributed by atoms with Gasteiger partial charge in [0.25, 0.3) is 0 Å². The zero-order chi connectivity index (χ0) is 33.7. The van der Waals surface area contributed by atoms with Crippen LogP contribution in [-0.2, 0) is 23.9 Å². The summed E-state index contributed by atoms with van der Waals surface area (Å²) in [7, 11) is 0. The molecule has 0 radical (unpaired) electrons. The lowest BCUT2D eigenvalue weighted by molar-refractivity contribution is -0.179. The van der Waals surface area contributed by atoms with E-state index in [0.717, 1.165) is 11.8 Å². The first-order valence-corrected chi connectivity index (χ1v) is 16.5. The average Bonchev–Trinajstić information content (AvgIpc) is 3.58. The van der Waals surface area contributed by atoms with Gasteiger partial charge in [-0.15, -0.1) is 0 Å². The fourth-order valence-corrected chi connectivity index (χ4v) is 9.51. The van der Waals surface area contributed by atoms with E-state index in [0.29, 0.717) is 6.42 Å². The van der Waals surface area contributed by atoms with E-state index in [1.807, 2.05) is 6.92 Å². The molecule has 7 nitrogen and oxygen atoms in total. The quantitative estimate of drug-likeness (QED) is 0.235. The van der Waals surface area contributed by atoms with Crippen molar-refractivity contribution < 1.29 is 46.2 Å². The zero-order valence-electron chi connectivity index (χ0n) is 26.6. The van der Waals surface area contributed by atoms with Crippen LogP contribution in [0.25, 0.3) is 0 Å². The monoisotopic (exact) mass is 660 g/mol. The van der Waals surface area contributed by atoms with Crippen LogP contribution in [0.1, 0.15) is 77.3 Å². The van der Waals surface area contributed by atoms with Crippen molar-refractivity contribution >= 4 is 34.6 Å². The minimum Gasteiger partial charge on any atom is -0.457 e. The summed E-state index contributed by atoms with van der Waals surface area (Å²) < 4.78 is 63.4. The van der Waals surface area contributed by atoms with E-state index in [-0.39, 0.29) is 48.7 Å². The van der Waals surface area contributed by atoms with Crippen molar-refractivity contribution in [2.75, 3.05) is 12.4 Å². The molecule has 3 fully saturated rings. The fraction of sp³-hybridized carbons (Fsp3) is 0.600. The molecule has 11 heteroatoms. The molecule has 0 bridgehead atoms. The maximum atomic E-state index is 17.5. The Labute approximate surface area is 271 Å². The zero-order valence-corrected chi connectivity index (χ0v) is 27.4. The molecule has 248 valence electrons. The van der Waals surface area contributed by atoms with E-state index < -0.39 is 75.2 Å². The van der Waals surface area contributed by atoms with E-state index in [1.54, 1.807) is 13.8 Å². The number of allylic oxidation sites excluding steroid dienone is 4. The third kappa shape index (κ3) is 5.54. The maximum Gasteiger partial charge on any atom is 0.375 e. The molecule has 1 aromatic rings. The second-order valence-electron chi connectivity index (χ2n) is 14.0. The van der Waals surface area contributed by atoms with E-state index in [4.69, 9.17) is 13.9 Å². The Bertz CT molecular complexity index is 1530. The lowest BCUT2D eigenvalue weighted by Gasteiger charge is -2.61. The van der Waals surface area contributed by atoms with Crippen LogP contribution in [0.15, 0.2) is 46.6 Å². The van der Waals surface area contributed by atoms with Gasteiger partial charge in [-0.05, 0) is 82.2 Å². The average molecular weight is 661 g/mol. The summed E-state index contributed by atoms with van der Waals surface area (Å²) in [4.78, 5) is 51.6. The summed E-state index contributed by atoms with van der Waals surface area (Å²) in [6, 6.07) is 2.95. The number of carbonyl (C=O) groups is 4. The Balaban J connectivity index is 1.43. The second kappa shape index (κ2) is 12.1. The Morgan fingerprint density at radius 1 is 1.15 bits per heavy atom. The molecule has 0 aromatic carbocycles. The molecule has 4 aliphatic carbocycles. The van der Waals surface area contributed by atoms with Gasteiger partial charge in [-0.1, -0.05) is 43.5 Å². The molecule has 1 aromatic heterocycles. The molecule has 0 spiro atoms. The Morgan fingerprint density at radius 2 is 1.89 bits per heavy atom. The summed E-state index contributed by atoms with van der Waals surface area (Å²) in [5.74, 6) is 1.45. The number of alkyl halides is 3. The minimum atomic E-state index is -1.89. The van der Waals surface area contributed by atoms with Crippen LogP contribution < -0.4 is 0 Å². The van der Waals surface area contributed by atoms with Gasteiger partial charge >= 0.3 is 11.9 Å². The Kier molecular flexibility index (Phi) is 8.95. The first kappa shape index (κ1) is 34.1. The van der Waals surface area contributed by atoms with Crippen molar-refractivity contribution in [1.82, 2.24) is 0 Å². The molecule has 1 heterocycles. The molecule has 0 saturated heterocycles. The molecule has 8 atom stereocenters. The smallest absolute Gasteiger partial charge is 0.375 e. The predicted octanol–water partition coefficient (Wildman–Crippen LogP) is 6.71. The standard InChI is InChI=1S/C35H39F3O7S/c1-21-17-23-24-19-26(36)25-18-22(39)10-11-32(25,4)34(24,38)13-12-33(23,5)35(21,45-29(41)27-9-8-15-43-27)30(42)46-16-7-6-14-44-28(40)20-31(2,3)37/h8-11,15,18,21,23-24,26H,12-14,16-17,19-20H2,1-5H3/t21-,23?,24?,26+,32+,33+,34-,35+/m1/s1. The van der Waals surface area contributed by atoms with Gasteiger partial charge < -0.3 is 13.9 Å². The molecule has 5 rings (SSSR count). The van der Waals surface area contributed by atoms with E-state index in [9.17, 15) is 23.6 Å². The number of esters is 2. The van der Waals surface area contributed by atoms with Crippen LogP contribution in [-0.4, -0.2) is 58.3 Å². The normalized spacial score (nSPS) is 36.3. The van der Waals surface area contributed by atoms with Crippen molar-refractivity contribution in [3.63, 3.8) is 0 Å². The SMILES string of the molecule is C[C@@H]1CC2C3C[C@H](F)C4=CC(=O)C=C[C@]4(C)[C@@]3(F)CC[C@]2(C)[C@@]1(OC(=O)c1ccco1)C(=O)SCC#CCOC(=O)CC(C)(C)F. The molecule has 46 heavy (non-hydrogen) atoms. The maximum absolute atomic E-state index is 17.5. The summed E-state index contributed by atoms with van der Waals surface area (Å²) in [5.41, 5.74) is -7.57. The summed E-state index contributed by atoms with van der Waals surface area (Å²) in [5, 5.41) is -0.468. The van der Waals surface area contributed by atoms with Crippen molar-refractivity contribution in [2.45, 2.75) is 89.8 Å². The molecular weight excluding hydrogens is 621 g/mol. The number of thioether (sulfide) groups is 1. The van der Waals surface area contributed by atoms with Gasteiger partial charge in [0.05, 0.1) is 18.4 Å². The van der Waals surface area contributed by atoms with Crippen molar-refractivity contribution in [1.29, 1.82) is 0 Å². The van der Waals surface area contributed by atoms with Crippen LogP contribution in [0.3, 0.4) is 0 Å². The Morgan fingerprint density at radius 3 is 2.57 bits per heavy atom. The predicted molar refractivity (Wildman–Crippen MR) is 165 cm³/mol. The number of hydrogen-bond donors (Lipinski definition) is 0. The first-order chi connectivity index (χ1) is 21.5. The van der Waals surface area contributed by atoms with Crippen molar-refractivity contribution in [3.05, 3.63) is 48.0 Å². The second-order valence-corrected chi connectivity index (χ2v) is 14.9. The van der Waals surface area contributed by atoms with Gasteiger partial charge in [0.2, 0.25) is 10.9 Å². The molecular formula is C35H39F3O7S. The van der Waals surface area contributed by atoms with E-state index >= 15 is 8.78 Å². The number of halogens is 3. The highest BCUT2D eigenvalue weighted by atomic mass is 32.2. The van der Waals surface area contributed by atoms with Crippen LogP contribution in [0, 0.1) is 40.4 Å². The van der Waals surface area contributed by atoms with Gasteiger partial charge in [0.1, 0.15) is 17.5 Å². The van der Waals surface area contributed by atoms with Gasteiger partial charge in [-0.2, -0.15) is 0 Å². The number of fused-ring (bicyclic) bond motifs is 5. The third-order valence-electron chi connectivity index (χ3n) is 10.7. The molecule has 4 aliphatic rings.